The Morgan fingerprint density at radius 3 is 2.50 bits per heavy atom. The molecular formula is C15H20O7. The van der Waals surface area contributed by atoms with Crippen LogP contribution >= 0.6 is 0 Å². The van der Waals surface area contributed by atoms with Crippen LogP contribution in [0.5, 0.6) is 0 Å². The van der Waals surface area contributed by atoms with E-state index >= 15 is 0 Å². The van der Waals surface area contributed by atoms with E-state index in [1.807, 2.05) is 0 Å². The number of esters is 1. The maximum absolute atomic E-state index is 12.4. The average molecular weight is 312 g/mol. The molecule has 0 aromatic heterocycles. The summed E-state index contributed by atoms with van der Waals surface area (Å²) in [6.45, 7) is 5.29. The van der Waals surface area contributed by atoms with Crippen LogP contribution in [0.1, 0.15) is 20.8 Å². The molecule has 1 unspecified atom stereocenters. The van der Waals surface area contributed by atoms with Crippen LogP contribution in [-0.4, -0.2) is 69.1 Å². The topological polar surface area (TPSA) is 112 Å². The van der Waals surface area contributed by atoms with Gasteiger partial charge in [0.15, 0.2) is 0 Å². The van der Waals surface area contributed by atoms with Crippen LogP contribution in [-0.2, 0) is 19.0 Å². The monoisotopic (exact) mass is 312 g/mol. The number of carbonyl (C=O) groups is 1. The van der Waals surface area contributed by atoms with Crippen LogP contribution < -0.4 is 0 Å². The Labute approximate surface area is 127 Å². The van der Waals surface area contributed by atoms with E-state index in [0.29, 0.717) is 6.61 Å². The molecule has 3 aliphatic heterocycles. The first kappa shape index (κ1) is 13.7. The van der Waals surface area contributed by atoms with Gasteiger partial charge in [0.05, 0.1) is 23.5 Å². The summed E-state index contributed by atoms with van der Waals surface area (Å²) < 4.78 is 16.6. The summed E-state index contributed by atoms with van der Waals surface area (Å²) in [6.07, 6.45) is -2.82. The molecular weight excluding hydrogens is 292 g/mol. The molecule has 5 fully saturated rings. The van der Waals surface area contributed by atoms with Crippen LogP contribution in [0, 0.1) is 17.3 Å². The lowest BCUT2D eigenvalue weighted by molar-refractivity contribution is -0.254. The molecule has 5 aliphatic rings. The second-order valence-electron chi connectivity index (χ2n) is 8.19. The van der Waals surface area contributed by atoms with Crippen molar-refractivity contribution in [2.24, 2.45) is 17.3 Å². The van der Waals surface area contributed by atoms with Gasteiger partial charge in [-0.25, -0.2) is 0 Å². The number of carbonyl (C=O) groups excluding carboxylic acids is 1. The molecule has 7 heteroatoms. The standard InChI is InChI=1S/C15H20O7/c1-12(2,18)5-6-11(17)21-7(5)8(16)13(3)14(4-20-14)9-10(22-9)15(6,13)19/h5-10,16,18-19H,4H2,1-3H3/t5?,6-,7-,8-,9-,10+,13+,14-,15+/m1/s1. The molecule has 122 valence electrons. The summed E-state index contributed by atoms with van der Waals surface area (Å²) in [5.74, 6) is -2.19. The van der Waals surface area contributed by atoms with Crippen molar-refractivity contribution in [2.45, 2.75) is 62.0 Å². The van der Waals surface area contributed by atoms with Gasteiger partial charge in [0.25, 0.3) is 0 Å². The average Bonchev–Trinajstić information content (AvgIpc) is 3.26. The highest BCUT2D eigenvalue weighted by molar-refractivity contribution is 5.79. The number of aliphatic hydroxyl groups is 3. The molecule has 0 aromatic rings. The Balaban J connectivity index is 1.74. The minimum Gasteiger partial charge on any atom is -0.459 e. The van der Waals surface area contributed by atoms with Gasteiger partial charge in [-0.2, -0.15) is 0 Å². The Morgan fingerprint density at radius 1 is 1.32 bits per heavy atom. The molecule has 3 N–H and O–H groups in total. The SMILES string of the molecule is CC(C)(O)C1[C@H]2OC(=O)[C@@H]1[C@]1(O)[C@H]3O[C@H]3[C@]3(CO3)[C@]1(C)[C@@H]2O. The van der Waals surface area contributed by atoms with Gasteiger partial charge >= 0.3 is 5.97 Å². The Kier molecular flexibility index (Phi) is 2.01. The number of ether oxygens (including phenoxy) is 3. The summed E-state index contributed by atoms with van der Waals surface area (Å²) in [5, 5.41) is 33.0. The number of aliphatic hydroxyl groups excluding tert-OH is 1. The van der Waals surface area contributed by atoms with Crippen molar-refractivity contribution >= 4 is 5.97 Å². The van der Waals surface area contributed by atoms with Crippen molar-refractivity contribution in [3.63, 3.8) is 0 Å². The van der Waals surface area contributed by atoms with Gasteiger partial charge in [-0.3, -0.25) is 4.79 Å². The fourth-order valence-electron chi connectivity index (χ4n) is 5.73. The molecule has 1 spiro atoms. The van der Waals surface area contributed by atoms with Gasteiger partial charge in [-0.15, -0.1) is 0 Å². The van der Waals surface area contributed by atoms with Crippen molar-refractivity contribution < 1.29 is 34.3 Å². The van der Waals surface area contributed by atoms with Gasteiger partial charge in [-0.05, 0) is 13.8 Å². The number of hydrogen-bond donors (Lipinski definition) is 3. The summed E-state index contributed by atoms with van der Waals surface area (Å²) in [6, 6.07) is 0. The lowest BCUT2D eigenvalue weighted by atomic mass is 9.51. The van der Waals surface area contributed by atoms with Crippen LogP contribution in [0.15, 0.2) is 0 Å². The minimum atomic E-state index is -1.59. The maximum Gasteiger partial charge on any atom is 0.312 e. The molecule has 0 radical (unpaired) electrons. The van der Waals surface area contributed by atoms with Gasteiger partial charge < -0.3 is 29.5 Å². The number of hydrogen-bond acceptors (Lipinski definition) is 7. The molecule has 0 amide bonds. The van der Waals surface area contributed by atoms with Gasteiger partial charge in [0.2, 0.25) is 0 Å². The largest absolute Gasteiger partial charge is 0.459 e. The molecule has 3 saturated heterocycles. The molecule has 3 heterocycles. The predicted molar refractivity (Wildman–Crippen MR) is 69.6 cm³/mol. The molecule has 0 aromatic carbocycles. The third kappa shape index (κ3) is 1.05. The van der Waals surface area contributed by atoms with E-state index in [4.69, 9.17) is 14.2 Å². The van der Waals surface area contributed by atoms with E-state index in [0.717, 1.165) is 0 Å². The van der Waals surface area contributed by atoms with E-state index in [1.165, 1.54) is 0 Å². The van der Waals surface area contributed by atoms with Crippen molar-refractivity contribution in [3.8, 4) is 0 Å². The Bertz CT molecular complexity index is 593. The fourth-order valence-corrected chi connectivity index (χ4v) is 5.73. The van der Waals surface area contributed by atoms with Crippen LogP contribution in [0.4, 0.5) is 0 Å². The second-order valence-corrected chi connectivity index (χ2v) is 8.19. The van der Waals surface area contributed by atoms with Crippen LogP contribution in [0.3, 0.4) is 0 Å². The fraction of sp³-hybridized carbons (Fsp3) is 0.933. The molecule has 2 aliphatic carbocycles. The first-order chi connectivity index (χ1) is 10.1. The zero-order valence-corrected chi connectivity index (χ0v) is 12.6. The number of epoxide rings is 2. The lowest BCUT2D eigenvalue weighted by Gasteiger charge is -2.55. The van der Waals surface area contributed by atoms with Crippen LogP contribution in [0.2, 0.25) is 0 Å². The van der Waals surface area contributed by atoms with Gasteiger partial charge in [-0.1, -0.05) is 6.92 Å². The smallest absolute Gasteiger partial charge is 0.312 e. The number of fused-ring (bicyclic) bond motifs is 8. The third-order valence-electron chi connectivity index (χ3n) is 6.96. The third-order valence-corrected chi connectivity index (χ3v) is 6.96. The maximum atomic E-state index is 12.4. The van der Waals surface area contributed by atoms with Crippen molar-refractivity contribution in [1.82, 2.24) is 0 Å². The predicted octanol–water partition coefficient (Wildman–Crippen LogP) is -1.42. The molecule has 2 bridgehead atoms. The molecule has 5 rings (SSSR count). The highest BCUT2D eigenvalue weighted by Gasteiger charge is 2.94. The van der Waals surface area contributed by atoms with Crippen molar-refractivity contribution in [1.29, 1.82) is 0 Å². The highest BCUT2D eigenvalue weighted by Crippen LogP contribution is 2.76. The van der Waals surface area contributed by atoms with Crippen molar-refractivity contribution in [3.05, 3.63) is 0 Å². The van der Waals surface area contributed by atoms with Crippen molar-refractivity contribution in [2.75, 3.05) is 6.61 Å². The normalized spacial score (nSPS) is 64.4. The van der Waals surface area contributed by atoms with Crippen LogP contribution in [0.25, 0.3) is 0 Å². The number of rotatable bonds is 1. The summed E-state index contributed by atoms with van der Waals surface area (Å²) in [5.41, 5.74) is -4.66. The Morgan fingerprint density at radius 2 is 1.95 bits per heavy atom. The molecule has 9 atom stereocenters. The van der Waals surface area contributed by atoms with E-state index in [9.17, 15) is 20.1 Å². The van der Waals surface area contributed by atoms with E-state index in [1.54, 1.807) is 20.8 Å². The quantitative estimate of drug-likeness (QED) is 0.402. The van der Waals surface area contributed by atoms with Gasteiger partial charge in [0.1, 0.15) is 35.6 Å². The van der Waals surface area contributed by atoms with E-state index in [2.05, 4.69) is 0 Å². The molecule has 7 nitrogen and oxygen atoms in total. The van der Waals surface area contributed by atoms with Gasteiger partial charge in [0, 0.05) is 5.92 Å². The molecule has 22 heavy (non-hydrogen) atoms. The summed E-state index contributed by atoms with van der Waals surface area (Å²) >= 11 is 0. The lowest BCUT2D eigenvalue weighted by Crippen LogP contribution is -2.72. The molecule has 2 saturated carbocycles. The zero-order valence-electron chi connectivity index (χ0n) is 12.6. The first-order valence-electron chi connectivity index (χ1n) is 7.73. The highest BCUT2D eigenvalue weighted by atomic mass is 16.7. The minimum absolute atomic E-state index is 0.299. The summed E-state index contributed by atoms with van der Waals surface area (Å²) in [7, 11) is 0. The Hall–Kier alpha value is -0.730. The summed E-state index contributed by atoms with van der Waals surface area (Å²) in [4.78, 5) is 12.4. The van der Waals surface area contributed by atoms with E-state index < -0.39 is 58.3 Å². The second kappa shape index (κ2) is 3.23. The van der Waals surface area contributed by atoms with E-state index in [-0.39, 0.29) is 6.10 Å². The zero-order chi connectivity index (χ0) is 15.9. The first-order valence-corrected chi connectivity index (χ1v) is 7.73.